The minimum Gasteiger partial charge on any atom is -0.383 e. The Morgan fingerprint density at radius 3 is 3.00 bits per heavy atom. The Morgan fingerprint density at radius 2 is 2.29 bits per heavy atom. The number of nitrogens with zero attached hydrogens (tertiary/aromatic N) is 3. The third kappa shape index (κ3) is 1.21. The topological polar surface area (TPSA) is 80.5 Å². The molecule has 2 aromatic heterocycles. The molecule has 0 fully saturated rings. The summed E-state index contributed by atoms with van der Waals surface area (Å²) in [7, 11) is 0. The van der Waals surface area contributed by atoms with Crippen molar-refractivity contribution >= 4 is 16.9 Å². The lowest BCUT2D eigenvalue weighted by atomic mass is 10.0. The van der Waals surface area contributed by atoms with Gasteiger partial charge in [0.2, 0.25) is 0 Å². The molecule has 2 aromatic rings. The van der Waals surface area contributed by atoms with Gasteiger partial charge in [0.15, 0.2) is 5.65 Å². The summed E-state index contributed by atoms with van der Waals surface area (Å²) in [6.45, 7) is 4.25. The van der Waals surface area contributed by atoms with Gasteiger partial charge in [-0.25, -0.2) is 9.97 Å². The summed E-state index contributed by atoms with van der Waals surface area (Å²) in [5, 5.41) is 7.93. The second-order valence-electron chi connectivity index (χ2n) is 3.40. The van der Waals surface area contributed by atoms with Gasteiger partial charge in [-0.15, -0.1) is 0 Å². The molecule has 2 heterocycles. The van der Waals surface area contributed by atoms with E-state index in [1.54, 1.807) is 0 Å². The van der Waals surface area contributed by atoms with E-state index < -0.39 is 0 Å². The molecular formula is C9H13N5. The molecule has 1 atom stereocenters. The van der Waals surface area contributed by atoms with E-state index in [2.05, 4.69) is 34.0 Å². The summed E-state index contributed by atoms with van der Waals surface area (Å²) < 4.78 is 0. The first-order chi connectivity index (χ1) is 6.74. The number of anilines is 1. The zero-order valence-corrected chi connectivity index (χ0v) is 8.28. The molecule has 0 spiro atoms. The van der Waals surface area contributed by atoms with Crippen molar-refractivity contribution in [3.8, 4) is 0 Å². The minimum atomic E-state index is 0.397. The maximum atomic E-state index is 5.78. The molecule has 14 heavy (non-hydrogen) atoms. The fourth-order valence-electron chi connectivity index (χ4n) is 1.46. The highest BCUT2D eigenvalue weighted by Gasteiger charge is 2.14. The van der Waals surface area contributed by atoms with Crippen molar-refractivity contribution in [1.29, 1.82) is 0 Å². The maximum absolute atomic E-state index is 5.78. The van der Waals surface area contributed by atoms with Crippen LogP contribution in [0.4, 0.5) is 5.82 Å². The molecule has 0 aliphatic heterocycles. The highest BCUT2D eigenvalue weighted by molar-refractivity contribution is 5.87. The first-order valence-electron chi connectivity index (χ1n) is 4.68. The van der Waals surface area contributed by atoms with Gasteiger partial charge in [-0.1, -0.05) is 13.8 Å². The second kappa shape index (κ2) is 3.25. The molecule has 3 N–H and O–H groups in total. The quantitative estimate of drug-likeness (QED) is 0.752. The number of rotatable bonds is 2. The van der Waals surface area contributed by atoms with Crippen LogP contribution >= 0.6 is 0 Å². The van der Waals surface area contributed by atoms with Crippen LogP contribution in [-0.4, -0.2) is 20.2 Å². The molecule has 0 amide bonds. The normalized spacial score (nSPS) is 13.3. The third-order valence-corrected chi connectivity index (χ3v) is 2.51. The van der Waals surface area contributed by atoms with Crippen LogP contribution < -0.4 is 5.73 Å². The zero-order valence-electron chi connectivity index (χ0n) is 8.28. The van der Waals surface area contributed by atoms with Crippen molar-refractivity contribution in [2.45, 2.75) is 26.2 Å². The molecule has 0 aliphatic rings. The number of hydrogen-bond acceptors (Lipinski definition) is 4. The van der Waals surface area contributed by atoms with Crippen LogP contribution in [0.2, 0.25) is 0 Å². The van der Waals surface area contributed by atoms with Gasteiger partial charge in [0.25, 0.3) is 0 Å². The first-order valence-corrected chi connectivity index (χ1v) is 4.68. The van der Waals surface area contributed by atoms with E-state index in [0.29, 0.717) is 17.4 Å². The van der Waals surface area contributed by atoms with E-state index in [-0.39, 0.29) is 0 Å². The van der Waals surface area contributed by atoms with Crippen LogP contribution in [0, 0.1) is 0 Å². The summed E-state index contributed by atoms with van der Waals surface area (Å²) in [4.78, 5) is 8.01. The molecule has 0 bridgehead atoms. The number of hydrogen-bond donors (Lipinski definition) is 2. The molecule has 0 saturated heterocycles. The molecular weight excluding hydrogens is 178 g/mol. The van der Waals surface area contributed by atoms with Crippen LogP contribution in [0.5, 0.6) is 0 Å². The lowest BCUT2D eigenvalue weighted by molar-refractivity contribution is 0.708. The Morgan fingerprint density at radius 1 is 1.50 bits per heavy atom. The predicted molar refractivity (Wildman–Crippen MR) is 54.8 cm³/mol. The number of nitrogens with two attached hydrogens (primary N) is 1. The number of fused-ring (bicyclic) bond motifs is 1. The van der Waals surface area contributed by atoms with Crippen LogP contribution in [0.15, 0.2) is 6.33 Å². The summed E-state index contributed by atoms with van der Waals surface area (Å²) >= 11 is 0. The summed E-state index contributed by atoms with van der Waals surface area (Å²) in [6.07, 6.45) is 2.46. The largest absolute Gasteiger partial charge is 0.383 e. The van der Waals surface area contributed by atoms with Crippen molar-refractivity contribution in [3.63, 3.8) is 0 Å². The van der Waals surface area contributed by atoms with E-state index in [9.17, 15) is 0 Å². The maximum Gasteiger partial charge on any atom is 0.186 e. The van der Waals surface area contributed by atoms with E-state index >= 15 is 0 Å². The lowest BCUT2D eigenvalue weighted by Crippen LogP contribution is -1.97. The average Bonchev–Trinajstić information content (AvgIpc) is 2.62. The minimum absolute atomic E-state index is 0.397. The van der Waals surface area contributed by atoms with Gasteiger partial charge in [-0.3, -0.25) is 5.10 Å². The first kappa shape index (κ1) is 8.93. The van der Waals surface area contributed by atoms with Crippen LogP contribution in [-0.2, 0) is 0 Å². The predicted octanol–water partition coefficient (Wildman–Crippen LogP) is 1.45. The van der Waals surface area contributed by atoms with Crippen LogP contribution in [0.3, 0.4) is 0 Å². The molecule has 0 aromatic carbocycles. The van der Waals surface area contributed by atoms with Gasteiger partial charge in [0.1, 0.15) is 12.1 Å². The van der Waals surface area contributed by atoms with Crippen molar-refractivity contribution in [2.75, 3.05) is 5.73 Å². The van der Waals surface area contributed by atoms with Crippen LogP contribution in [0.1, 0.15) is 31.9 Å². The van der Waals surface area contributed by atoms with Gasteiger partial charge in [-0.2, -0.15) is 5.10 Å². The molecule has 1 unspecified atom stereocenters. The molecule has 5 heteroatoms. The standard InChI is InChI=1S/C9H13N5/c1-3-5(2)7-6-8(10)11-4-12-9(6)14-13-7/h4-5H,3H2,1-2H3,(H3,10,11,12,13,14). The second-order valence-corrected chi connectivity index (χ2v) is 3.40. The number of nitrogens with one attached hydrogen (secondary N) is 1. The summed E-state index contributed by atoms with van der Waals surface area (Å²) in [6, 6.07) is 0. The SMILES string of the molecule is CCC(C)c1[nH]nc2ncnc(N)c12. The molecule has 74 valence electrons. The van der Waals surface area contributed by atoms with E-state index in [1.165, 1.54) is 6.33 Å². The Hall–Kier alpha value is -1.65. The number of H-pyrrole nitrogens is 1. The Kier molecular flexibility index (Phi) is 2.07. The Bertz CT molecular complexity index is 447. The van der Waals surface area contributed by atoms with Crippen LogP contribution in [0.25, 0.3) is 11.0 Å². The molecule has 0 aliphatic carbocycles. The van der Waals surface area contributed by atoms with Gasteiger partial charge in [0, 0.05) is 0 Å². The van der Waals surface area contributed by atoms with Gasteiger partial charge >= 0.3 is 0 Å². The van der Waals surface area contributed by atoms with Crippen molar-refractivity contribution in [2.24, 2.45) is 0 Å². The number of nitrogen functional groups attached to an aromatic ring is 1. The monoisotopic (exact) mass is 191 g/mol. The highest BCUT2D eigenvalue weighted by atomic mass is 15.2. The smallest absolute Gasteiger partial charge is 0.186 e. The van der Waals surface area contributed by atoms with Crippen molar-refractivity contribution in [3.05, 3.63) is 12.0 Å². The molecule has 5 nitrogen and oxygen atoms in total. The highest BCUT2D eigenvalue weighted by Crippen LogP contribution is 2.26. The van der Waals surface area contributed by atoms with Gasteiger partial charge < -0.3 is 5.73 Å². The number of aromatic amines is 1. The Balaban J connectivity index is 2.67. The fourth-order valence-corrected chi connectivity index (χ4v) is 1.46. The fraction of sp³-hybridized carbons (Fsp3) is 0.444. The van der Waals surface area contributed by atoms with Crippen molar-refractivity contribution < 1.29 is 0 Å². The molecule has 0 saturated carbocycles. The van der Waals surface area contributed by atoms with Gasteiger partial charge in [0.05, 0.1) is 11.1 Å². The average molecular weight is 191 g/mol. The Labute approximate surface area is 81.7 Å². The van der Waals surface area contributed by atoms with Crippen molar-refractivity contribution in [1.82, 2.24) is 20.2 Å². The third-order valence-electron chi connectivity index (χ3n) is 2.51. The van der Waals surface area contributed by atoms with E-state index in [4.69, 9.17) is 5.73 Å². The van der Waals surface area contributed by atoms with E-state index in [1.807, 2.05) is 0 Å². The van der Waals surface area contributed by atoms with E-state index in [0.717, 1.165) is 17.5 Å². The van der Waals surface area contributed by atoms with Gasteiger partial charge in [-0.05, 0) is 12.3 Å². The molecule has 2 rings (SSSR count). The lowest BCUT2D eigenvalue weighted by Gasteiger charge is -2.05. The molecule has 0 radical (unpaired) electrons. The summed E-state index contributed by atoms with van der Waals surface area (Å²) in [5.41, 5.74) is 7.46. The zero-order chi connectivity index (χ0) is 10.1. The number of aromatic nitrogens is 4. The summed E-state index contributed by atoms with van der Waals surface area (Å²) in [5.74, 6) is 0.896.